The minimum absolute atomic E-state index is 0.474. The number of halogens is 3. The first-order valence-electron chi connectivity index (χ1n) is 2.94. The first-order valence-corrected chi connectivity index (χ1v) is 2.94. The molecule has 12 heavy (non-hydrogen) atoms. The Bertz CT molecular complexity index is 235. The van der Waals surface area contributed by atoms with Gasteiger partial charge in [-0.05, 0) is 6.08 Å². The Morgan fingerprint density at radius 1 is 1.50 bits per heavy atom. The SMILES string of the molecule is O=C1NC(C(F)(F)F)=CC(O)N1. The van der Waals surface area contributed by atoms with Gasteiger partial charge in [-0.25, -0.2) is 4.79 Å². The molecule has 0 aromatic carbocycles. The standard InChI is InChI=1S/C5H5F3N2O2/c6-5(7,8)2-1-3(11)10-4(12)9-2/h1,3,11H,(H2,9,10,12). The second-order valence-corrected chi connectivity index (χ2v) is 2.12. The van der Waals surface area contributed by atoms with E-state index < -0.39 is 24.1 Å². The Hall–Kier alpha value is -1.24. The van der Waals surface area contributed by atoms with Crippen LogP contribution in [0.5, 0.6) is 0 Å². The molecule has 68 valence electrons. The Balaban J connectivity index is 2.84. The van der Waals surface area contributed by atoms with Crippen molar-refractivity contribution in [2.75, 3.05) is 0 Å². The molecule has 0 saturated carbocycles. The van der Waals surface area contributed by atoms with Crippen LogP contribution < -0.4 is 10.6 Å². The summed E-state index contributed by atoms with van der Waals surface area (Å²) in [6.07, 6.45) is -5.75. The van der Waals surface area contributed by atoms with Crippen LogP contribution in [0.1, 0.15) is 0 Å². The molecule has 0 aromatic heterocycles. The summed E-state index contributed by atoms with van der Waals surface area (Å²) >= 11 is 0. The molecule has 0 aliphatic carbocycles. The average molecular weight is 182 g/mol. The van der Waals surface area contributed by atoms with E-state index in [0.717, 1.165) is 0 Å². The van der Waals surface area contributed by atoms with Gasteiger partial charge in [0.1, 0.15) is 11.9 Å². The van der Waals surface area contributed by atoms with Crippen LogP contribution in [0.25, 0.3) is 0 Å². The summed E-state index contributed by atoms with van der Waals surface area (Å²) in [5.41, 5.74) is -1.25. The number of aliphatic hydroxyl groups is 1. The fraction of sp³-hybridized carbons (Fsp3) is 0.400. The zero-order valence-corrected chi connectivity index (χ0v) is 5.64. The third kappa shape index (κ3) is 1.88. The Labute approximate surface area is 65.1 Å². The Kier molecular flexibility index (Phi) is 1.97. The molecule has 0 saturated heterocycles. The van der Waals surface area contributed by atoms with Crippen molar-refractivity contribution < 1.29 is 23.1 Å². The number of hydrogen-bond acceptors (Lipinski definition) is 2. The third-order valence-electron chi connectivity index (χ3n) is 1.16. The summed E-state index contributed by atoms with van der Waals surface area (Å²) in [5, 5.41) is 12.0. The van der Waals surface area contributed by atoms with Crippen molar-refractivity contribution in [3.05, 3.63) is 11.8 Å². The molecular formula is C5H5F3N2O2. The molecule has 1 unspecified atom stereocenters. The van der Waals surface area contributed by atoms with Gasteiger partial charge in [-0.15, -0.1) is 0 Å². The molecule has 1 heterocycles. The van der Waals surface area contributed by atoms with Crippen molar-refractivity contribution in [1.82, 2.24) is 10.6 Å². The van der Waals surface area contributed by atoms with Gasteiger partial charge < -0.3 is 15.7 Å². The lowest BCUT2D eigenvalue weighted by Crippen LogP contribution is -2.48. The van der Waals surface area contributed by atoms with Crippen molar-refractivity contribution >= 4 is 6.03 Å². The van der Waals surface area contributed by atoms with Crippen LogP contribution in [0.4, 0.5) is 18.0 Å². The predicted molar refractivity (Wildman–Crippen MR) is 31.8 cm³/mol. The van der Waals surface area contributed by atoms with Crippen LogP contribution in [-0.4, -0.2) is 23.5 Å². The third-order valence-corrected chi connectivity index (χ3v) is 1.16. The number of carbonyl (C=O) groups is 1. The maximum absolute atomic E-state index is 11.9. The molecule has 0 spiro atoms. The van der Waals surface area contributed by atoms with Crippen LogP contribution in [0.15, 0.2) is 11.8 Å². The van der Waals surface area contributed by atoms with E-state index in [0.29, 0.717) is 6.08 Å². The second-order valence-electron chi connectivity index (χ2n) is 2.12. The summed E-state index contributed by atoms with van der Waals surface area (Å²) < 4.78 is 35.6. The van der Waals surface area contributed by atoms with Crippen molar-refractivity contribution in [3.8, 4) is 0 Å². The van der Waals surface area contributed by atoms with Gasteiger partial charge in [0.05, 0.1) is 0 Å². The maximum atomic E-state index is 11.9. The van der Waals surface area contributed by atoms with Crippen LogP contribution in [0.3, 0.4) is 0 Å². The van der Waals surface area contributed by atoms with Crippen LogP contribution in [-0.2, 0) is 0 Å². The maximum Gasteiger partial charge on any atom is 0.431 e. The number of carbonyl (C=O) groups excluding carboxylic acids is 1. The van der Waals surface area contributed by atoms with Crippen LogP contribution >= 0.6 is 0 Å². The molecular weight excluding hydrogens is 177 g/mol. The number of urea groups is 1. The number of alkyl halides is 3. The average Bonchev–Trinajstić information content (AvgIpc) is 1.82. The number of amides is 2. The van der Waals surface area contributed by atoms with Crippen molar-refractivity contribution in [1.29, 1.82) is 0 Å². The molecule has 1 rings (SSSR count). The Morgan fingerprint density at radius 2 is 2.08 bits per heavy atom. The molecule has 1 aliphatic heterocycles. The van der Waals surface area contributed by atoms with E-state index in [1.807, 2.05) is 5.32 Å². The van der Waals surface area contributed by atoms with E-state index in [9.17, 15) is 18.0 Å². The lowest BCUT2D eigenvalue weighted by molar-refractivity contribution is -0.0974. The van der Waals surface area contributed by atoms with Crippen molar-refractivity contribution in [2.45, 2.75) is 12.4 Å². The largest absolute Gasteiger partial charge is 0.431 e. The fourth-order valence-electron chi connectivity index (χ4n) is 0.699. The minimum Gasteiger partial charge on any atom is -0.370 e. The summed E-state index contributed by atoms with van der Waals surface area (Å²) in [7, 11) is 0. The lowest BCUT2D eigenvalue weighted by atomic mass is 10.3. The lowest BCUT2D eigenvalue weighted by Gasteiger charge is -2.21. The van der Waals surface area contributed by atoms with Gasteiger partial charge >= 0.3 is 12.2 Å². The highest BCUT2D eigenvalue weighted by Crippen LogP contribution is 2.24. The van der Waals surface area contributed by atoms with E-state index in [1.54, 1.807) is 0 Å². The first-order chi connectivity index (χ1) is 5.39. The molecule has 0 bridgehead atoms. The van der Waals surface area contributed by atoms with Gasteiger partial charge in [-0.1, -0.05) is 0 Å². The van der Waals surface area contributed by atoms with E-state index >= 15 is 0 Å². The number of nitrogens with one attached hydrogen (secondary N) is 2. The van der Waals surface area contributed by atoms with E-state index in [4.69, 9.17) is 5.11 Å². The van der Waals surface area contributed by atoms with Gasteiger partial charge in [0.15, 0.2) is 0 Å². The predicted octanol–water partition coefficient (Wildman–Crippen LogP) is 0.0638. The zero-order valence-electron chi connectivity index (χ0n) is 5.64. The van der Waals surface area contributed by atoms with Crippen molar-refractivity contribution in [2.24, 2.45) is 0 Å². The van der Waals surface area contributed by atoms with Gasteiger partial charge in [0.2, 0.25) is 0 Å². The Morgan fingerprint density at radius 3 is 2.50 bits per heavy atom. The fourth-order valence-corrected chi connectivity index (χ4v) is 0.699. The van der Waals surface area contributed by atoms with Gasteiger partial charge in [0.25, 0.3) is 0 Å². The zero-order chi connectivity index (χ0) is 9.35. The monoisotopic (exact) mass is 182 g/mol. The first kappa shape index (κ1) is 8.85. The second kappa shape index (κ2) is 2.67. The summed E-state index contributed by atoms with van der Waals surface area (Å²) in [6.45, 7) is 0. The van der Waals surface area contributed by atoms with Crippen molar-refractivity contribution in [3.63, 3.8) is 0 Å². The number of aliphatic hydroxyl groups excluding tert-OH is 1. The molecule has 1 aliphatic rings. The topological polar surface area (TPSA) is 61.4 Å². The highest BCUT2D eigenvalue weighted by atomic mass is 19.4. The summed E-state index contributed by atoms with van der Waals surface area (Å²) in [6, 6.07) is -1.07. The molecule has 4 nitrogen and oxygen atoms in total. The van der Waals surface area contributed by atoms with E-state index in [2.05, 4.69) is 0 Å². The molecule has 2 amide bonds. The van der Waals surface area contributed by atoms with E-state index in [1.165, 1.54) is 5.32 Å². The molecule has 0 radical (unpaired) electrons. The molecule has 0 aromatic rings. The quantitative estimate of drug-likeness (QED) is 0.496. The summed E-state index contributed by atoms with van der Waals surface area (Å²) in [5.74, 6) is 0. The highest BCUT2D eigenvalue weighted by molar-refractivity contribution is 5.77. The molecule has 0 fully saturated rings. The highest BCUT2D eigenvalue weighted by Gasteiger charge is 2.37. The number of hydrogen-bond donors (Lipinski definition) is 3. The smallest absolute Gasteiger partial charge is 0.370 e. The van der Waals surface area contributed by atoms with Crippen LogP contribution in [0, 0.1) is 0 Å². The van der Waals surface area contributed by atoms with Gasteiger partial charge in [-0.3, -0.25) is 0 Å². The number of allylic oxidation sites excluding steroid dienone is 1. The number of rotatable bonds is 0. The molecule has 7 heteroatoms. The van der Waals surface area contributed by atoms with Gasteiger partial charge in [-0.2, -0.15) is 13.2 Å². The molecule has 3 N–H and O–H groups in total. The minimum atomic E-state index is -4.64. The van der Waals surface area contributed by atoms with Crippen LogP contribution in [0.2, 0.25) is 0 Å². The van der Waals surface area contributed by atoms with E-state index in [-0.39, 0.29) is 0 Å². The summed E-state index contributed by atoms with van der Waals surface area (Å²) in [4.78, 5) is 10.4. The normalized spacial score (nSPS) is 24.2. The molecule has 1 atom stereocenters. The van der Waals surface area contributed by atoms with Gasteiger partial charge in [0, 0.05) is 0 Å².